The van der Waals surface area contributed by atoms with Crippen LogP contribution in [0.1, 0.15) is 113 Å². The van der Waals surface area contributed by atoms with Crippen LogP contribution in [0.25, 0.3) is 96.5 Å². The first kappa shape index (κ1) is 40.9. The molecule has 3 heterocycles. The number of aromatic nitrogens is 2. The van der Waals surface area contributed by atoms with E-state index in [1.807, 2.05) is 22.7 Å². The molecule has 0 saturated heterocycles. The van der Waals surface area contributed by atoms with Gasteiger partial charge in [-0.15, -0.1) is 22.7 Å². The molecule has 3 aromatic heterocycles. The Bertz CT molecular complexity index is 3090. The second kappa shape index (κ2) is 17.9. The molecule has 0 spiro atoms. The molecule has 4 heteroatoms. The van der Waals surface area contributed by atoms with Gasteiger partial charge in [0.15, 0.2) is 5.82 Å². The standard InChI is InChI=1S/C58H58N2S2/c1-5-7-9-11-13-15-20-39-33-49(40(31-38(39)4)21-16-14-12-10-8-6-2)52-36-51(41-27-29-48-54(35-41)62-56-47-28-26-37(3)30-53(47)61-57(48)56)59-58(60-52)43-32-42-22-19-25-46-44-23-17-18-24-45(44)50(34-43)55(42)46/h17-19,22-36H,5-16,20-21H2,1-4H3. The smallest absolute Gasteiger partial charge is 0.160 e. The van der Waals surface area contributed by atoms with Crippen LogP contribution in [0.2, 0.25) is 0 Å². The molecule has 62 heavy (non-hydrogen) atoms. The molecule has 0 N–H and O–H groups in total. The lowest BCUT2D eigenvalue weighted by Gasteiger charge is -2.17. The number of hydrogen-bond donors (Lipinski definition) is 0. The second-order valence-corrected chi connectivity index (χ2v) is 20.1. The number of hydrogen-bond acceptors (Lipinski definition) is 4. The van der Waals surface area contributed by atoms with Crippen molar-refractivity contribution in [2.24, 2.45) is 0 Å². The second-order valence-electron chi connectivity index (χ2n) is 18.0. The van der Waals surface area contributed by atoms with E-state index in [0.29, 0.717) is 0 Å². The lowest BCUT2D eigenvalue weighted by atomic mass is 9.90. The maximum Gasteiger partial charge on any atom is 0.160 e. The van der Waals surface area contributed by atoms with Gasteiger partial charge in [-0.1, -0.05) is 151 Å². The normalized spacial score (nSPS) is 12.1. The maximum absolute atomic E-state index is 5.61. The Morgan fingerprint density at radius 1 is 0.452 bits per heavy atom. The number of thiophene rings is 2. The van der Waals surface area contributed by atoms with Crippen molar-refractivity contribution < 1.29 is 0 Å². The van der Waals surface area contributed by atoms with Crippen LogP contribution in [0.5, 0.6) is 0 Å². The van der Waals surface area contributed by atoms with Crippen molar-refractivity contribution >= 4 is 63.0 Å². The van der Waals surface area contributed by atoms with Crippen molar-refractivity contribution in [2.45, 2.75) is 118 Å². The summed E-state index contributed by atoms with van der Waals surface area (Å²) in [6.07, 6.45) is 17.8. The zero-order chi connectivity index (χ0) is 42.2. The quantitative estimate of drug-likeness (QED) is 0.0853. The summed E-state index contributed by atoms with van der Waals surface area (Å²) in [6, 6.07) is 41.6. The van der Waals surface area contributed by atoms with Crippen LogP contribution in [0.3, 0.4) is 0 Å². The fourth-order valence-electron chi connectivity index (χ4n) is 10.1. The van der Waals surface area contributed by atoms with Gasteiger partial charge in [0, 0.05) is 36.9 Å². The van der Waals surface area contributed by atoms with Crippen LogP contribution in [0, 0.1) is 13.8 Å². The van der Waals surface area contributed by atoms with E-state index >= 15 is 0 Å². The fraction of sp³-hybridized carbons (Fsp3) is 0.310. The van der Waals surface area contributed by atoms with E-state index in [1.54, 1.807) is 0 Å². The number of benzene rings is 6. The third-order valence-electron chi connectivity index (χ3n) is 13.4. The van der Waals surface area contributed by atoms with Crippen LogP contribution >= 0.6 is 22.7 Å². The average molecular weight is 847 g/mol. The summed E-state index contributed by atoms with van der Waals surface area (Å²) in [5, 5.41) is 5.28. The van der Waals surface area contributed by atoms with Crippen LogP contribution in [0.4, 0.5) is 0 Å². The predicted octanol–water partition coefficient (Wildman–Crippen LogP) is 18.3. The van der Waals surface area contributed by atoms with Crippen molar-refractivity contribution in [3.05, 3.63) is 131 Å². The van der Waals surface area contributed by atoms with Crippen LogP contribution in [-0.4, -0.2) is 9.97 Å². The van der Waals surface area contributed by atoms with E-state index in [0.717, 1.165) is 41.2 Å². The Labute approximate surface area is 376 Å². The molecule has 0 atom stereocenters. The molecule has 1 aliphatic carbocycles. The summed E-state index contributed by atoms with van der Waals surface area (Å²) in [5.41, 5.74) is 16.4. The van der Waals surface area contributed by atoms with Crippen molar-refractivity contribution in [1.29, 1.82) is 0 Å². The van der Waals surface area contributed by atoms with E-state index in [9.17, 15) is 0 Å². The average Bonchev–Trinajstić information content (AvgIpc) is 3.94. The first-order valence-corrected chi connectivity index (χ1v) is 25.1. The van der Waals surface area contributed by atoms with E-state index < -0.39 is 0 Å². The van der Waals surface area contributed by atoms with Gasteiger partial charge in [-0.2, -0.15) is 0 Å². The Balaban J connectivity index is 1.11. The van der Waals surface area contributed by atoms with Gasteiger partial charge < -0.3 is 0 Å². The SMILES string of the molecule is CCCCCCCCc1cc(-c2cc(-c3ccc4c(c3)sc3c5ccc(C)cc5sc43)nc(-c3cc4c5c(cccc5c3)-c3ccccc3-4)n2)c(CCCCCCCC)cc1C. The minimum absolute atomic E-state index is 0.794. The van der Waals surface area contributed by atoms with E-state index in [-0.39, 0.29) is 0 Å². The van der Waals surface area contributed by atoms with Gasteiger partial charge in [0.2, 0.25) is 0 Å². The first-order chi connectivity index (χ1) is 30.5. The molecule has 312 valence electrons. The van der Waals surface area contributed by atoms with Crippen molar-refractivity contribution in [3.8, 4) is 56.2 Å². The zero-order valence-corrected chi connectivity index (χ0v) is 38.6. The molecule has 0 fully saturated rings. The van der Waals surface area contributed by atoms with Gasteiger partial charge in [0.1, 0.15) is 0 Å². The summed E-state index contributed by atoms with van der Waals surface area (Å²) >= 11 is 3.85. The van der Waals surface area contributed by atoms with Gasteiger partial charge in [-0.3, -0.25) is 0 Å². The van der Waals surface area contributed by atoms with Gasteiger partial charge in [-0.25, -0.2) is 9.97 Å². The third-order valence-corrected chi connectivity index (χ3v) is 15.9. The molecule has 1 aliphatic rings. The summed E-state index contributed by atoms with van der Waals surface area (Å²) < 4.78 is 5.48. The highest BCUT2D eigenvalue weighted by Gasteiger charge is 2.23. The Morgan fingerprint density at radius 2 is 1.08 bits per heavy atom. The highest BCUT2D eigenvalue weighted by molar-refractivity contribution is 7.36. The van der Waals surface area contributed by atoms with E-state index in [2.05, 4.69) is 137 Å². The number of unbranched alkanes of at least 4 members (excludes halogenated alkanes) is 10. The number of rotatable bonds is 17. The molecule has 0 unspecified atom stereocenters. The van der Waals surface area contributed by atoms with Gasteiger partial charge in [-0.05, 0) is 131 Å². The van der Waals surface area contributed by atoms with Crippen LogP contribution in [-0.2, 0) is 12.8 Å². The molecular weight excluding hydrogens is 789 g/mol. The molecule has 0 aliphatic heterocycles. The van der Waals surface area contributed by atoms with Gasteiger partial charge >= 0.3 is 0 Å². The zero-order valence-electron chi connectivity index (χ0n) is 37.0. The lowest BCUT2D eigenvalue weighted by molar-refractivity contribution is 0.605. The molecule has 0 bridgehead atoms. The number of nitrogens with zero attached hydrogens (tertiary/aromatic N) is 2. The Morgan fingerprint density at radius 3 is 1.82 bits per heavy atom. The molecule has 2 nitrogen and oxygen atoms in total. The van der Waals surface area contributed by atoms with E-state index in [1.165, 1.54) is 167 Å². The monoisotopic (exact) mass is 846 g/mol. The Hall–Kier alpha value is -5.16. The number of fused-ring (bicyclic) bond motifs is 8. The minimum atomic E-state index is 0.794. The molecule has 0 radical (unpaired) electrons. The van der Waals surface area contributed by atoms with E-state index in [4.69, 9.17) is 9.97 Å². The predicted molar refractivity (Wildman–Crippen MR) is 272 cm³/mol. The minimum Gasteiger partial charge on any atom is -0.228 e. The summed E-state index contributed by atoms with van der Waals surface area (Å²) in [5.74, 6) is 0.794. The van der Waals surface area contributed by atoms with Crippen molar-refractivity contribution in [1.82, 2.24) is 9.97 Å². The van der Waals surface area contributed by atoms with Crippen molar-refractivity contribution in [2.75, 3.05) is 0 Å². The molecule has 9 aromatic rings. The van der Waals surface area contributed by atoms with Gasteiger partial charge in [0.05, 0.1) is 20.8 Å². The van der Waals surface area contributed by atoms with Gasteiger partial charge in [0.25, 0.3) is 0 Å². The van der Waals surface area contributed by atoms with Crippen LogP contribution in [0.15, 0.2) is 109 Å². The number of aryl methyl sites for hydroxylation is 4. The highest BCUT2D eigenvalue weighted by atomic mass is 32.1. The molecule has 6 aromatic carbocycles. The van der Waals surface area contributed by atoms with Crippen molar-refractivity contribution in [3.63, 3.8) is 0 Å². The molecule has 10 rings (SSSR count). The molecular formula is C58H58N2S2. The first-order valence-electron chi connectivity index (χ1n) is 23.5. The maximum atomic E-state index is 5.61. The highest BCUT2D eigenvalue weighted by Crippen LogP contribution is 2.49. The summed E-state index contributed by atoms with van der Waals surface area (Å²) in [6.45, 7) is 9.14. The summed E-state index contributed by atoms with van der Waals surface area (Å²) in [7, 11) is 0. The molecule has 0 saturated carbocycles. The van der Waals surface area contributed by atoms with Crippen LogP contribution < -0.4 is 0 Å². The topological polar surface area (TPSA) is 25.8 Å². The fourth-order valence-corrected chi connectivity index (χ4v) is 12.8. The lowest BCUT2D eigenvalue weighted by Crippen LogP contribution is -2.02. The summed E-state index contributed by atoms with van der Waals surface area (Å²) in [4.78, 5) is 11.1. The third kappa shape index (κ3) is 7.90. The Kier molecular flexibility index (Phi) is 11.8. The largest absolute Gasteiger partial charge is 0.228 e. The molecule has 0 amide bonds.